The van der Waals surface area contributed by atoms with Crippen molar-refractivity contribution >= 4 is 44.8 Å². The predicted molar refractivity (Wildman–Crippen MR) is 133 cm³/mol. The summed E-state index contributed by atoms with van der Waals surface area (Å²) in [4.78, 5) is 21.5. The van der Waals surface area contributed by atoms with Gasteiger partial charge in [0.25, 0.3) is 0 Å². The average molecular weight is 555 g/mol. The molecule has 0 radical (unpaired) electrons. The summed E-state index contributed by atoms with van der Waals surface area (Å²) >= 11 is 7.68. The lowest BCUT2D eigenvalue weighted by atomic mass is 9.80. The zero-order valence-electron chi connectivity index (χ0n) is 19.0. The molecule has 5 rings (SSSR count). The Morgan fingerprint density at radius 1 is 1.25 bits per heavy atom. The first kappa shape index (κ1) is 25.3. The van der Waals surface area contributed by atoms with Crippen LogP contribution in [0.25, 0.3) is 0 Å². The van der Waals surface area contributed by atoms with E-state index in [1.165, 1.54) is 23.5 Å². The molecule has 0 amide bonds. The molecule has 3 N–H and O–H groups in total. The van der Waals surface area contributed by atoms with E-state index in [0.717, 1.165) is 6.07 Å². The molecule has 192 valence electrons. The minimum Gasteiger partial charge on any atom is -0.478 e. The van der Waals surface area contributed by atoms with E-state index in [-0.39, 0.29) is 35.8 Å². The number of carboxylic acids is 1. The highest BCUT2D eigenvalue weighted by Gasteiger charge is 2.39. The average Bonchev–Trinajstić information content (AvgIpc) is 3.32. The van der Waals surface area contributed by atoms with Crippen LogP contribution in [0.3, 0.4) is 0 Å². The first-order valence-corrected chi connectivity index (χ1v) is 14.3. The Morgan fingerprint density at radius 2 is 2.00 bits per heavy atom. The molecule has 2 aliphatic heterocycles. The SMILES string of the molecule is O=C(O)C1=C(C2CCC(NS(=O)(=O)C3COC3)CC2)NC(c2nccs2)=NC1c1ccc(F)cc1Cl. The molecule has 1 aromatic heterocycles. The first-order valence-electron chi connectivity index (χ1n) is 11.5. The Hall–Kier alpha value is -2.38. The molecule has 13 heteroatoms. The molecular weight excluding hydrogens is 531 g/mol. The van der Waals surface area contributed by atoms with Gasteiger partial charge in [-0.3, -0.25) is 4.99 Å². The summed E-state index contributed by atoms with van der Waals surface area (Å²) in [5.74, 6) is -1.44. The van der Waals surface area contributed by atoms with E-state index in [1.54, 1.807) is 11.6 Å². The number of hydrogen-bond acceptors (Lipinski definition) is 8. The molecule has 1 aliphatic carbocycles. The van der Waals surface area contributed by atoms with Crippen molar-refractivity contribution in [3.63, 3.8) is 0 Å². The number of aromatic nitrogens is 1. The molecule has 36 heavy (non-hydrogen) atoms. The molecule has 2 fully saturated rings. The summed E-state index contributed by atoms with van der Waals surface area (Å²) in [6.07, 6.45) is 3.89. The van der Waals surface area contributed by atoms with Crippen molar-refractivity contribution in [3.05, 3.63) is 62.5 Å². The van der Waals surface area contributed by atoms with Gasteiger partial charge in [0.2, 0.25) is 10.0 Å². The quantitative estimate of drug-likeness (QED) is 0.479. The summed E-state index contributed by atoms with van der Waals surface area (Å²) in [7, 11) is -3.45. The second kappa shape index (κ2) is 10.2. The molecule has 1 aromatic carbocycles. The van der Waals surface area contributed by atoms with E-state index >= 15 is 0 Å². The van der Waals surface area contributed by atoms with Gasteiger partial charge in [-0.2, -0.15) is 0 Å². The number of rotatable bonds is 7. The normalized spacial score (nSPS) is 25.2. The second-order valence-electron chi connectivity index (χ2n) is 9.01. The number of nitrogens with zero attached hydrogens (tertiary/aromatic N) is 2. The van der Waals surface area contributed by atoms with Gasteiger partial charge in [-0.1, -0.05) is 17.7 Å². The van der Waals surface area contributed by atoms with Crippen molar-refractivity contribution in [2.45, 2.75) is 43.0 Å². The lowest BCUT2D eigenvalue weighted by Crippen LogP contribution is -2.50. The van der Waals surface area contributed by atoms with Crippen LogP contribution in [0.1, 0.15) is 42.3 Å². The van der Waals surface area contributed by atoms with Crippen molar-refractivity contribution in [1.29, 1.82) is 0 Å². The number of thiazole rings is 1. The zero-order chi connectivity index (χ0) is 25.4. The molecule has 1 saturated carbocycles. The van der Waals surface area contributed by atoms with Crippen LogP contribution in [0.4, 0.5) is 4.39 Å². The largest absolute Gasteiger partial charge is 0.478 e. The Kier molecular flexibility index (Phi) is 7.14. The van der Waals surface area contributed by atoms with Crippen LogP contribution in [-0.4, -0.2) is 54.8 Å². The third kappa shape index (κ3) is 5.05. The Bertz CT molecular complexity index is 1320. The summed E-state index contributed by atoms with van der Waals surface area (Å²) in [6.45, 7) is 0.408. The second-order valence-corrected chi connectivity index (χ2v) is 12.3. The topological polar surface area (TPSA) is 130 Å². The van der Waals surface area contributed by atoms with Crippen molar-refractivity contribution in [2.24, 2.45) is 10.9 Å². The van der Waals surface area contributed by atoms with E-state index in [1.807, 2.05) is 0 Å². The smallest absolute Gasteiger partial charge is 0.335 e. The Balaban J connectivity index is 1.45. The summed E-state index contributed by atoms with van der Waals surface area (Å²) in [6, 6.07) is 2.64. The van der Waals surface area contributed by atoms with Gasteiger partial charge in [-0.25, -0.2) is 27.3 Å². The number of sulfonamides is 1. The zero-order valence-corrected chi connectivity index (χ0v) is 21.4. The van der Waals surface area contributed by atoms with Crippen molar-refractivity contribution < 1.29 is 27.4 Å². The van der Waals surface area contributed by atoms with E-state index in [0.29, 0.717) is 47.8 Å². The third-order valence-corrected chi connectivity index (χ3v) is 9.63. The number of amidine groups is 1. The van der Waals surface area contributed by atoms with Crippen LogP contribution in [0.5, 0.6) is 0 Å². The van der Waals surface area contributed by atoms with Crippen LogP contribution in [0.2, 0.25) is 5.02 Å². The third-order valence-electron chi connectivity index (χ3n) is 6.71. The minimum atomic E-state index is -3.45. The van der Waals surface area contributed by atoms with Crippen LogP contribution in [-0.2, 0) is 19.6 Å². The van der Waals surface area contributed by atoms with Gasteiger partial charge in [0, 0.05) is 33.9 Å². The van der Waals surface area contributed by atoms with E-state index < -0.39 is 33.1 Å². The fourth-order valence-corrected chi connectivity index (χ4v) is 7.04. The van der Waals surface area contributed by atoms with E-state index in [9.17, 15) is 22.7 Å². The highest BCUT2D eigenvalue weighted by molar-refractivity contribution is 7.90. The van der Waals surface area contributed by atoms with Crippen molar-refractivity contribution in [1.82, 2.24) is 15.0 Å². The molecule has 9 nitrogen and oxygen atoms in total. The molecule has 3 aliphatic rings. The van der Waals surface area contributed by atoms with Crippen LogP contribution in [0.15, 0.2) is 46.0 Å². The summed E-state index contributed by atoms with van der Waals surface area (Å²) in [5.41, 5.74) is 0.925. The number of benzene rings is 1. The first-order chi connectivity index (χ1) is 17.2. The highest BCUT2D eigenvalue weighted by atomic mass is 35.5. The molecule has 1 saturated heterocycles. The van der Waals surface area contributed by atoms with E-state index in [2.05, 4.69) is 20.0 Å². The standard InChI is InChI=1S/C23H24ClFN4O5S2/c24-17-9-13(25)3-6-16(17)20-18(23(30)31)19(27-21(28-20)22-26-7-8-35-22)12-1-4-14(5-2-12)29-36(32,33)15-10-34-11-15/h3,6-9,12,14-15,20,29H,1-2,4-5,10-11H2,(H,27,28)(H,30,31). The van der Waals surface area contributed by atoms with Crippen LogP contribution >= 0.6 is 22.9 Å². The number of halogens is 2. The maximum absolute atomic E-state index is 13.7. The van der Waals surface area contributed by atoms with Crippen molar-refractivity contribution in [3.8, 4) is 0 Å². The number of ether oxygens (including phenoxy) is 1. The number of carbonyl (C=O) groups is 1. The van der Waals surface area contributed by atoms with Crippen LogP contribution in [0, 0.1) is 11.7 Å². The van der Waals surface area contributed by atoms with Gasteiger partial charge in [0.1, 0.15) is 17.1 Å². The van der Waals surface area contributed by atoms with Crippen molar-refractivity contribution in [2.75, 3.05) is 13.2 Å². The molecule has 2 aromatic rings. The molecule has 1 atom stereocenters. The Morgan fingerprint density at radius 3 is 2.58 bits per heavy atom. The number of nitrogens with one attached hydrogen (secondary N) is 2. The van der Waals surface area contributed by atoms with Gasteiger partial charge in [-0.15, -0.1) is 11.3 Å². The lowest BCUT2D eigenvalue weighted by molar-refractivity contribution is -0.133. The molecule has 0 spiro atoms. The number of hydrogen-bond donors (Lipinski definition) is 3. The summed E-state index contributed by atoms with van der Waals surface area (Å²) in [5, 5.41) is 15.4. The summed E-state index contributed by atoms with van der Waals surface area (Å²) < 4.78 is 46.5. The lowest BCUT2D eigenvalue weighted by Gasteiger charge is -2.36. The van der Waals surface area contributed by atoms with Gasteiger partial charge < -0.3 is 15.2 Å². The maximum Gasteiger partial charge on any atom is 0.335 e. The number of aliphatic carboxylic acids is 1. The van der Waals surface area contributed by atoms with Gasteiger partial charge in [0.05, 0.1) is 18.8 Å². The maximum atomic E-state index is 13.7. The number of aliphatic imine (C=N–C) groups is 1. The van der Waals surface area contributed by atoms with Gasteiger partial charge in [-0.05, 0) is 43.7 Å². The monoisotopic (exact) mass is 554 g/mol. The Labute approximate surface area is 216 Å². The van der Waals surface area contributed by atoms with Gasteiger partial charge >= 0.3 is 5.97 Å². The predicted octanol–water partition coefficient (Wildman–Crippen LogP) is 3.24. The fourth-order valence-electron chi connectivity index (χ4n) is 4.74. The molecule has 3 heterocycles. The van der Waals surface area contributed by atoms with E-state index in [4.69, 9.17) is 16.3 Å². The number of carboxylic acid groups (broad SMARTS) is 1. The van der Waals surface area contributed by atoms with Crippen LogP contribution < -0.4 is 10.0 Å². The van der Waals surface area contributed by atoms with Gasteiger partial charge in [0.15, 0.2) is 10.8 Å². The molecular formula is C23H24ClFN4O5S2. The molecule has 1 unspecified atom stereocenters. The minimum absolute atomic E-state index is 0.0412. The number of allylic oxidation sites excluding steroid dienone is 1. The fraction of sp³-hybridized carbons (Fsp3) is 0.435. The molecule has 0 bridgehead atoms. The highest BCUT2D eigenvalue weighted by Crippen LogP contribution is 2.40.